The van der Waals surface area contributed by atoms with Crippen LogP contribution in [0.3, 0.4) is 0 Å². The van der Waals surface area contributed by atoms with E-state index in [9.17, 15) is 19.9 Å². The molecule has 10 heteroatoms. The largest absolute Gasteiger partial charge is 0.469 e. The van der Waals surface area contributed by atoms with E-state index in [4.69, 9.17) is 14.9 Å². The molecular formula is C6H13O9P. The Bertz CT molecular complexity index is 290. The third-order valence-electron chi connectivity index (χ3n) is 2.16. The summed E-state index contributed by atoms with van der Waals surface area (Å²) in [5.74, 6) is -2.36. The average Bonchev–Trinajstić information content (AvgIpc) is 2.40. The fourth-order valence-corrected chi connectivity index (χ4v) is 1.65. The van der Waals surface area contributed by atoms with Gasteiger partial charge in [-0.1, -0.05) is 0 Å². The van der Waals surface area contributed by atoms with E-state index < -0.39 is 45.1 Å². The molecule has 0 bridgehead atoms. The Hall–Kier alpha value is -0.0900. The predicted octanol–water partition coefficient (Wildman–Crippen LogP) is -3.10. The van der Waals surface area contributed by atoms with Crippen LogP contribution in [0.15, 0.2) is 0 Å². The van der Waals surface area contributed by atoms with Gasteiger partial charge in [-0.25, -0.2) is 4.57 Å². The highest BCUT2D eigenvalue weighted by Crippen LogP contribution is 2.38. The van der Waals surface area contributed by atoms with Crippen molar-refractivity contribution in [2.45, 2.75) is 24.1 Å². The van der Waals surface area contributed by atoms with Gasteiger partial charge in [0.05, 0.1) is 13.2 Å². The van der Waals surface area contributed by atoms with Crippen LogP contribution in [-0.2, 0) is 13.8 Å². The second-order valence-corrected chi connectivity index (χ2v) is 4.62. The summed E-state index contributed by atoms with van der Waals surface area (Å²) in [6.07, 6.45) is -4.76. The lowest BCUT2D eigenvalue weighted by atomic mass is 10.1. The molecule has 16 heavy (non-hydrogen) atoms. The van der Waals surface area contributed by atoms with Crippen molar-refractivity contribution >= 4 is 7.82 Å². The molecule has 1 rings (SSSR count). The van der Waals surface area contributed by atoms with Crippen LogP contribution in [-0.4, -0.2) is 67.5 Å². The molecule has 1 saturated heterocycles. The summed E-state index contributed by atoms with van der Waals surface area (Å²) in [7, 11) is -4.73. The van der Waals surface area contributed by atoms with E-state index in [1.807, 2.05) is 0 Å². The number of phosphoric acid groups is 1. The molecule has 9 nitrogen and oxygen atoms in total. The quantitative estimate of drug-likeness (QED) is 0.288. The Labute approximate surface area is 90.1 Å². The first-order valence-corrected chi connectivity index (χ1v) is 5.80. The van der Waals surface area contributed by atoms with Gasteiger partial charge in [0.2, 0.25) is 5.79 Å². The summed E-state index contributed by atoms with van der Waals surface area (Å²) in [5.41, 5.74) is 0. The Kier molecular flexibility index (Phi) is 4.06. The summed E-state index contributed by atoms with van der Waals surface area (Å²) in [6.45, 7) is -1.71. The van der Waals surface area contributed by atoms with Crippen LogP contribution in [0.2, 0.25) is 0 Å². The molecule has 1 heterocycles. The molecule has 0 aliphatic carbocycles. The molecule has 0 unspecified atom stereocenters. The molecule has 0 spiro atoms. The van der Waals surface area contributed by atoms with Crippen molar-refractivity contribution in [2.24, 2.45) is 0 Å². The van der Waals surface area contributed by atoms with Crippen molar-refractivity contribution in [3.63, 3.8) is 0 Å². The van der Waals surface area contributed by atoms with E-state index in [0.717, 1.165) is 0 Å². The highest BCUT2D eigenvalue weighted by molar-refractivity contribution is 7.46. The molecule has 0 saturated carbocycles. The first-order chi connectivity index (χ1) is 7.19. The van der Waals surface area contributed by atoms with Gasteiger partial charge >= 0.3 is 7.82 Å². The topological polar surface area (TPSA) is 157 Å². The molecule has 1 fully saturated rings. The molecule has 1 aliphatic heterocycles. The lowest BCUT2D eigenvalue weighted by Crippen LogP contribution is -2.46. The zero-order valence-corrected chi connectivity index (χ0v) is 8.90. The minimum absolute atomic E-state index is 0.731. The van der Waals surface area contributed by atoms with Crippen LogP contribution in [0.4, 0.5) is 0 Å². The molecule has 0 aromatic heterocycles. The van der Waals surface area contributed by atoms with Crippen LogP contribution in [0, 0.1) is 0 Å². The summed E-state index contributed by atoms with van der Waals surface area (Å²) < 4.78 is 19.1. The van der Waals surface area contributed by atoms with E-state index in [1.165, 1.54) is 0 Å². The second kappa shape index (κ2) is 4.65. The Balaban J connectivity index is 2.61. The zero-order chi connectivity index (χ0) is 12.6. The molecule has 0 aromatic carbocycles. The standard InChI is InChI=1S/C6H13O9P/c7-2-6(10)5(9)4(8)3(15-6)1-14-16(11,12)13/h3-5,7-10H,1-2H2,(H2,11,12,13)/t3-,4-,5-,6-/m1/s1. The normalized spacial score (nSPS) is 40.2. The first-order valence-electron chi connectivity index (χ1n) is 4.27. The highest BCUT2D eigenvalue weighted by atomic mass is 31.2. The molecule has 0 radical (unpaired) electrons. The van der Waals surface area contributed by atoms with Crippen LogP contribution in [0.25, 0.3) is 0 Å². The summed E-state index contributed by atoms with van der Waals surface area (Å²) in [5, 5.41) is 36.7. The SMILES string of the molecule is O=P(O)(O)OC[C@H]1O[C@](O)(CO)[C@H](O)[C@@H]1O. The van der Waals surface area contributed by atoms with Crippen molar-refractivity contribution in [1.82, 2.24) is 0 Å². The predicted molar refractivity (Wildman–Crippen MR) is 46.9 cm³/mol. The van der Waals surface area contributed by atoms with E-state index in [1.54, 1.807) is 0 Å². The smallest absolute Gasteiger partial charge is 0.391 e. The molecule has 4 atom stereocenters. The average molecular weight is 260 g/mol. The molecule has 0 amide bonds. The maximum Gasteiger partial charge on any atom is 0.469 e. The van der Waals surface area contributed by atoms with Gasteiger partial charge in [0.25, 0.3) is 0 Å². The summed E-state index contributed by atoms with van der Waals surface area (Å²) in [4.78, 5) is 16.8. The van der Waals surface area contributed by atoms with Crippen LogP contribution < -0.4 is 0 Å². The van der Waals surface area contributed by atoms with E-state index in [-0.39, 0.29) is 0 Å². The third-order valence-corrected chi connectivity index (χ3v) is 2.64. The van der Waals surface area contributed by atoms with E-state index >= 15 is 0 Å². The highest BCUT2D eigenvalue weighted by Gasteiger charge is 2.53. The van der Waals surface area contributed by atoms with Crippen LogP contribution in [0.1, 0.15) is 0 Å². The molecule has 0 aromatic rings. The van der Waals surface area contributed by atoms with Crippen molar-refractivity contribution in [1.29, 1.82) is 0 Å². The van der Waals surface area contributed by atoms with Gasteiger partial charge in [-0.3, -0.25) is 4.52 Å². The summed E-state index contributed by atoms with van der Waals surface area (Å²) >= 11 is 0. The Morgan fingerprint density at radius 2 is 1.94 bits per heavy atom. The number of aliphatic hydroxyl groups excluding tert-OH is 3. The van der Waals surface area contributed by atoms with Gasteiger partial charge in [0.15, 0.2) is 0 Å². The minimum Gasteiger partial charge on any atom is -0.391 e. The van der Waals surface area contributed by atoms with E-state index in [2.05, 4.69) is 9.26 Å². The Morgan fingerprint density at radius 3 is 2.31 bits per heavy atom. The lowest BCUT2D eigenvalue weighted by molar-refractivity contribution is -0.247. The number of rotatable bonds is 4. The molecule has 6 N–H and O–H groups in total. The fourth-order valence-electron chi connectivity index (χ4n) is 1.31. The van der Waals surface area contributed by atoms with Crippen molar-refractivity contribution in [3.05, 3.63) is 0 Å². The molecule has 1 aliphatic rings. The van der Waals surface area contributed by atoms with Gasteiger partial charge in [0.1, 0.15) is 18.3 Å². The number of ether oxygens (including phenoxy) is 1. The van der Waals surface area contributed by atoms with Crippen LogP contribution in [0.5, 0.6) is 0 Å². The number of hydrogen-bond acceptors (Lipinski definition) is 7. The Morgan fingerprint density at radius 1 is 1.38 bits per heavy atom. The number of phosphoric ester groups is 1. The zero-order valence-electron chi connectivity index (χ0n) is 8.00. The van der Waals surface area contributed by atoms with E-state index in [0.29, 0.717) is 0 Å². The van der Waals surface area contributed by atoms with Crippen molar-refractivity contribution < 1.29 is 44.0 Å². The maximum absolute atomic E-state index is 10.4. The van der Waals surface area contributed by atoms with Crippen molar-refractivity contribution in [3.8, 4) is 0 Å². The number of aliphatic hydroxyl groups is 4. The summed E-state index contributed by atoms with van der Waals surface area (Å²) in [6, 6.07) is 0. The monoisotopic (exact) mass is 260 g/mol. The minimum atomic E-state index is -4.73. The van der Waals surface area contributed by atoms with Gasteiger partial charge in [-0.05, 0) is 0 Å². The fraction of sp³-hybridized carbons (Fsp3) is 1.00. The van der Waals surface area contributed by atoms with Gasteiger partial charge in [0, 0.05) is 0 Å². The molecule has 96 valence electrons. The van der Waals surface area contributed by atoms with Crippen LogP contribution >= 0.6 is 7.82 Å². The van der Waals surface area contributed by atoms with Gasteiger partial charge < -0.3 is 34.9 Å². The number of hydrogen-bond donors (Lipinski definition) is 6. The van der Waals surface area contributed by atoms with Crippen molar-refractivity contribution in [2.75, 3.05) is 13.2 Å². The van der Waals surface area contributed by atoms with Gasteiger partial charge in [-0.2, -0.15) is 0 Å². The first kappa shape index (κ1) is 14.0. The third kappa shape index (κ3) is 2.98. The lowest BCUT2D eigenvalue weighted by Gasteiger charge is -2.22. The van der Waals surface area contributed by atoms with Gasteiger partial charge in [-0.15, -0.1) is 0 Å². The maximum atomic E-state index is 10.4. The molecular weight excluding hydrogens is 247 g/mol. The second-order valence-electron chi connectivity index (χ2n) is 3.38.